The number of hydrogen-bond donors (Lipinski definition) is 2. The highest BCUT2D eigenvalue weighted by Gasteiger charge is 2.10. The van der Waals surface area contributed by atoms with Crippen LogP contribution in [-0.2, 0) is 0 Å². The molecule has 0 amide bonds. The van der Waals surface area contributed by atoms with Crippen LogP contribution in [0.2, 0.25) is 0 Å². The zero-order chi connectivity index (χ0) is 15.2. The number of ether oxygens (including phenoxy) is 2. The minimum Gasteiger partial charge on any atom is -0.489 e. The average Bonchev–Trinajstić information content (AvgIpc) is 2.47. The molecule has 2 rings (SSSR count). The van der Waals surface area contributed by atoms with Crippen molar-refractivity contribution in [1.82, 2.24) is 0 Å². The van der Waals surface area contributed by atoms with Gasteiger partial charge in [-0.1, -0.05) is 12.1 Å². The number of aliphatic hydroxyl groups is 1. The molecule has 1 unspecified atom stereocenters. The number of anilines is 1. The first-order valence-electron chi connectivity index (χ1n) is 6.29. The molecule has 0 fully saturated rings. The molecule has 4 nitrogen and oxygen atoms in total. The predicted octanol–water partition coefficient (Wildman–Crippen LogP) is 2.99. The van der Waals surface area contributed by atoms with Gasteiger partial charge in [-0.3, -0.25) is 0 Å². The summed E-state index contributed by atoms with van der Waals surface area (Å²) in [5.74, 6) is 0.424. The summed E-state index contributed by atoms with van der Waals surface area (Å²) >= 11 is 3.24. The normalized spacial score (nSPS) is 12.0. The Labute approximate surface area is 130 Å². The van der Waals surface area contributed by atoms with Gasteiger partial charge in [0.15, 0.2) is 0 Å². The van der Waals surface area contributed by atoms with E-state index in [0.29, 0.717) is 21.7 Å². The van der Waals surface area contributed by atoms with Gasteiger partial charge in [-0.2, -0.15) is 0 Å². The van der Waals surface area contributed by atoms with Crippen LogP contribution in [-0.4, -0.2) is 24.4 Å². The summed E-state index contributed by atoms with van der Waals surface area (Å²) in [6.45, 7) is 0.00986. The number of nitrogen functional groups attached to an aromatic ring is 1. The Morgan fingerprint density at radius 1 is 1.10 bits per heavy atom. The van der Waals surface area contributed by atoms with Crippen molar-refractivity contribution in [3.63, 3.8) is 0 Å². The van der Waals surface area contributed by atoms with Crippen LogP contribution in [0, 0.1) is 5.82 Å². The summed E-state index contributed by atoms with van der Waals surface area (Å²) in [4.78, 5) is 0. The van der Waals surface area contributed by atoms with Gasteiger partial charge < -0.3 is 20.3 Å². The lowest BCUT2D eigenvalue weighted by atomic mass is 10.3. The highest BCUT2D eigenvalue weighted by Crippen LogP contribution is 2.25. The van der Waals surface area contributed by atoms with Crippen LogP contribution in [0.15, 0.2) is 46.9 Å². The Morgan fingerprint density at radius 2 is 1.76 bits per heavy atom. The monoisotopic (exact) mass is 355 g/mol. The van der Waals surface area contributed by atoms with E-state index < -0.39 is 11.9 Å². The van der Waals surface area contributed by atoms with Crippen molar-refractivity contribution in [1.29, 1.82) is 0 Å². The first-order valence-corrected chi connectivity index (χ1v) is 7.09. The fourth-order valence-corrected chi connectivity index (χ4v) is 1.98. The molecule has 112 valence electrons. The molecule has 2 aromatic rings. The maximum atomic E-state index is 13.1. The quantitative estimate of drug-likeness (QED) is 0.781. The molecule has 0 aliphatic heterocycles. The van der Waals surface area contributed by atoms with Crippen LogP contribution < -0.4 is 15.2 Å². The van der Waals surface area contributed by atoms with Crippen molar-refractivity contribution in [2.24, 2.45) is 0 Å². The minimum atomic E-state index is -0.861. The van der Waals surface area contributed by atoms with Crippen LogP contribution in [0.3, 0.4) is 0 Å². The van der Waals surface area contributed by atoms with Gasteiger partial charge in [0.1, 0.15) is 36.6 Å². The molecule has 6 heteroatoms. The fourth-order valence-electron chi connectivity index (χ4n) is 1.62. The van der Waals surface area contributed by atoms with Gasteiger partial charge in [0, 0.05) is 6.07 Å². The van der Waals surface area contributed by atoms with E-state index in [1.54, 1.807) is 24.3 Å². The van der Waals surface area contributed by atoms with Crippen LogP contribution in [0.25, 0.3) is 0 Å². The second-order valence-electron chi connectivity index (χ2n) is 4.39. The molecule has 2 aromatic carbocycles. The van der Waals surface area contributed by atoms with Gasteiger partial charge in [-0.15, -0.1) is 0 Å². The summed E-state index contributed by atoms with van der Waals surface area (Å²) in [7, 11) is 0. The van der Waals surface area contributed by atoms with E-state index in [1.165, 1.54) is 18.2 Å². The van der Waals surface area contributed by atoms with Gasteiger partial charge in [0.05, 0.1) is 10.2 Å². The maximum Gasteiger partial charge on any atom is 0.142 e. The molecule has 0 aliphatic carbocycles. The van der Waals surface area contributed by atoms with E-state index in [2.05, 4.69) is 15.9 Å². The Hall–Kier alpha value is -1.79. The Bertz CT molecular complexity index is 609. The molecular weight excluding hydrogens is 341 g/mol. The third kappa shape index (κ3) is 4.61. The summed E-state index contributed by atoms with van der Waals surface area (Å²) in [6, 6.07) is 11.1. The second kappa shape index (κ2) is 7.28. The minimum absolute atomic E-state index is 0.0191. The van der Waals surface area contributed by atoms with Crippen LogP contribution in [0.4, 0.5) is 10.1 Å². The van der Waals surface area contributed by atoms with Crippen molar-refractivity contribution in [2.45, 2.75) is 6.10 Å². The van der Waals surface area contributed by atoms with Gasteiger partial charge in [0.25, 0.3) is 0 Å². The first-order chi connectivity index (χ1) is 10.1. The summed E-state index contributed by atoms with van der Waals surface area (Å²) < 4.78 is 24.4. The Balaban J connectivity index is 1.84. The van der Waals surface area contributed by atoms with Crippen LogP contribution >= 0.6 is 15.9 Å². The number of aliphatic hydroxyl groups excluding tert-OH is 1. The SMILES string of the molecule is Nc1ccccc1OCC(O)COc1cc(F)ccc1Br. The number of nitrogens with two attached hydrogens (primary N) is 1. The van der Waals surface area contributed by atoms with Gasteiger partial charge in [-0.25, -0.2) is 4.39 Å². The molecule has 1 atom stereocenters. The Morgan fingerprint density at radius 3 is 2.48 bits per heavy atom. The van der Waals surface area contributed by atoms with Crippen molar-refractivity contribution in [3.8, 4) is 11.5 Å². The van der Waals surface area contributed by atoms with E-state index in [4.69, 9.17) is 15.2 Å². The third-order valence-electron chi connectivity index (χ3n) is 2.67. The highest BCUT2D eigenvalue weighted by atomic mass is 79.9. The third-order valence-corrected chi connectivity index (χ3v) is 3.33. The number of halogens is 2. The average molecular weight is 356 g/mol. The van der Waals surface area contributed by atoms with Crippen LogP contribution in [0.1, 0.15) is 0 Å². The molecule has 0 spiro atoms. The molecule has 0 saturated heterocycles. The number of para-hydroxylation sites is 2. The van der Waals surface area contributed by atoms with E-state index in [9.17, 15) is 9.50 Å². The fraction of sp³-hybridized carbons (Fsp3) is 0.200. The lowest BCUT2D eigenvalue weighted by Crippen LogP contribution is -2.25. The zero-order valence-electron chi connectivity index (χ0n) is 11.1. The van der Waals surface area contributed by atoms with Gasteiger partial charge in [-0.05, 0) is 40.2 Å². The first kappa shape index (κ1) is 15.6. The smallest absolute Gasteiger partial charge is 0.142 e. The van der Waals surface area contributed by atoms with Crippen molar-refractivity contribution >= 4 is 21.6 Å². The highest BCUT2D eigenvalue weighted by molar-refractivity contribution is 9.10. The van der Waals surface area contributed by atoms with E-state index >= 15 is 0 Å². The second-order valence-corrected chi connectivity index (χ2v) is 5.24. The van der Waals surface area contributed by atoms with Crippen molar-refractivity contribution < 1.29 is 19.0 Å². The topological polar surface area (TPSA) is 64.7 Å². The standard InChI is InChI=1S/C15H15BrFNO3/c16-12-6-5-10(17)7-15(12)21-9-11(19)8-20-14-4-2-1-3-13(14)18/h1-7,11,19H,8-9,18H2. The number of benzene rings is 2. The Kier molecular flexibility index (Phi) is 5.41. The molecule has 0 aromatic heterocycles. The lowest BCUT2D eigenvalue weighted by Gasteiger charge is -2.15. The molecule has 0 heterocycles. The molecular formula is C15H15BrFNO3. The molecule has 0 bridgehead atoms. The summed E-state index contributed by atoms with van der Waals surface area (Å²) in [6.07, 6.45) is -0.861. The zero-order valence-corrected chi connectivity index (χ0v) is 12.7. The van der Waals surface area contributed by atoms with Crippen LogP contribution in [0.5, 0.6) is 11.5 Å². The van der Waals surface area contributed by atoms with Gasteiger partial charge in [0.2, 0.25) is 0 Å². The summed E-state index contributed by atoms with van der Waals surface area (Å²) in [5.41, 5.74) is 6.22. The summed E-state index contributed by atoms with van der Waals surface area (Å²) in [5, 5.41) is 9.82. The molecule has 21 heavy (non-hydrogen) atoms. The number of rotatable bonds is 6. The largest absolute Gasteiger partial charge is 0.489 e. The van der Waals surface area contributed by atoms with Crippen molar-refractivity contribution in [2.75, 3.05) is 18.9 Å². The van der Waals surface area contributed by atoms with E-state index in [-0.39, 0.29) is 13.2 Å². The predicted molar refractivity (Wildman–Crippen MR) is 82.0 cm³/mol. The molecule has 0 aliphatic rings. The van der Waals surface area contributed by atoms with E-state index in [1.807, 2.05) is 0 Å². The van der Waals surface area contributed by atoms with E-state index in [0.717, 1.165) is 0 Å². The molecule has 3 N–H and O–H groups in total. The van der Waals surface area contributed by atoms with Gasteiger partial charge >= 0.3 is 0 Å². The number of hydrogen-bond acceptors (Lipinski definition) is 4. The maximum absolute atomic E-state index is 13.1. The molecule has 0 saturated carbocycles. The van der Waals surface area contributed by atoms with Crippen molar-refractivity contribution in [3.05, 3.63) is 52.8 Å². The lowest BCUT2D eigenvalue weighted by molar-refractivity contribution is 0.0625. The molecule has 0 radical (unpaired) electrons.